The summed E-state index contributed by atoms with van der Waals surface area (Å²) in [4.78, 5) is 2.28. The number of hydrogen-bond acceptors (Lipinski definition) is 3. The summed E-state index contributed by atoms with van der Waals surface area (Å²) in [6.07, 6.45) is 0. The Labute approximate surface area is 105 Å². The van der Waals surface area contributed by atoms with Crippen LogP contribution in [0.4, 0.5) is 5.69 Å². The molecule has 17 heavy (non-hydrogen) atoms. The van der Waals surface area contributed by atoms with E-state index >= 15 is 0 Å². The molecule has 96 valence electrons. The van der Waals surface area contributed by atoms with Gasteiger partial charge in [-0.3, -0.25) is 0 Å². The average molecular weight is 236 g/mol. The molecule has 0 aliphatic carbocycles. The number of anilines is 1. The highest BCUT2D eigenvalue weighted by atomic mass is 16.5. The van der Waals surface area contributed by atoms with Crippen molar-refractivity contribution in [2.75, 3.05) is 38.8 Å². The topological polar surface area (TPSA) is 24.5 Å². The van der Waals surface area contributed by atoms with E-state index in [1.165, 1.54) is 11.3 Å². The van der Waals surface area contributed by atoms with E-state index in [2.05, 4.69) is 55.4 Å². The van der Waals surface area contributed by atoms with Gasteiger partial charge in [0.05, 0.1) is 6.61 Å². The van der Waals surface area contributed by atoms with E-state index in [9.17, 15) is 0 Å². The molecule has 0 fully saturated rings. The number of benzene rings is 1. The van der Waals surface area contributed by atoms with Gasteiger partial charge in [-0.05, 0) is 25.5 Å². The van der Waals surface area contributed by atoms with E-state index in [0.29, 0.717) is 6.04 Å². The first-order valence-electron chi connectivity index (χ1n) is 6.14. The number of aryl methyl sites for hydroxylation is 1. The van der Waals surface area contributed by atoms with Gasteiger partial charge >= 0.3 is 0 Å². The molecule has 0 radical (unpaired) electrons. The highest BCUT2D eigenvalue weighted by Crippen LogP contribution is 2.16. The number of likely N-dealkylation sites (N-methyl/N-ethyl adjacent to an activating group) is 1. The number of nitrogens with zero attached hydrogens (tertiary/aromatic N) is 1. The fraction of sp³-hybridized carbons (Fsp3) is 0.571. The number of methoxy groups -OCH3 is 1. The number of rotatable bonds is 7. The van der Waals surface area contributed by atoms with Crippen molar-refractivity contribution in [2.45, 2.75) is 19.9 Å². The zero-order chi connectivity index (χ0) is 12.7. The minimum atomic E-state index is 0.408. The normalized spacial score (nSPS) is 12.5. The first-order valence-corrected chi connectivity index (χ1v) is 6.14. The van der Waals surface area contributed by atoms with Crippen LogP contribution in [0.2, 0.25) is 0 Å². The molecule has 0 saturated heterocycles. The number of ether oxygens (including phenoxy) is 1. The number of para-hydroxylation sites is 1. The van der Waals surface area contributed by atoms with E-state index < -0.39 is 0 Å². The van der Waals surface area contributed by atoms with E-state index in [4.69, 9.17) is 4.74 Å². The minimum Gasteiger partial charge on any atom is -0.383 e. The van der Waals surface area contributed by atoms with Crippen LogP contribution in [0.25, 0.3) is 0 Å². The summed E-state index contributed by atoms with van der Waals surface area (Å²) in [5, 5.41) is 3.44. The maximum absolute atomic E-state index is 5.09. The quantitative estimate of drug-likeness (QED) is 0.784. The molecule has 3 heteroatoms. The fourth-order valence-corrected chi connectivity index (χ4v) is 1.90. The van der Waals surface area contributed by atoms with Crippen LogP contribution < -0.4 is 10.2 Å². The largest absolute Gasteiger partial charge is 0.383 e. The molecular formula is C14H24N2O. The Balaban J connectivity index is 2.35. The van der Waals surface area contributed by atoms with Crippen LogP contribution in [0.15, 0.2) is 24.3 Å². The fourth-order valence-electron chi connectivity index (χ4n) is 1.90. The second kappa shape index (κ2) is 7.30. The molecule has 0 bridgehead atoms. The summed E-state index contributed by atoms with van der Waals surface area (Å²) in [7, 11) is 3.86. The van der Waals surface area contributed by atoms with Crippen molar-refractivity contribution >= 4 is 5.69 Å². The molecule has 1 unspecified atom stereocenters. The Bertz CT molecular complexity index is 328. The molecule has 0 aliphatic heterocycles. The lowest BCUT2D eigenvalue weighted by Crippen LogP contribution is -2.36. The third-order valence-electron chi connectivity index (χ3n) is 2.88. The summed E-state index contributed by atoms with van der Waals surface area (Å²) >= 11 is 0. The Morgan fingerprint density at radius 1 is 1.35 bits per heavy atom. The maximum atomic E-state index is 5.09. The molecule has 1 rings (SSSR count). The number of hydrogen-bond donors (Lipinski definition) is 1. The van der Waals surface area contributed by atoms with E-state index in [0.717, 1.165) is 19.7 Å². The lowest BCUT2D eigenvalue weighted by atomic mass is 10.2. The molecule has 0 spiro atoms. The molecule has 0 heterocycles. The molecule has 0 amide bonds. The van der Waals surface area contributed by atoms with Crippen LogP contribution in [-0.2, 0) is 4.74 Å². The van der Waals surface area contributed by atoms with Crippen LogP contribution in [0.5, 0.6) is 0 Å². The van der Waals surface area contributed by atoms with Gasteiger partial charge in [0.15, 0.2) is 0 Å². The van der Waals surface area contributed by atoms with Crippen molar-refractivity contribution in [3.63, 3.8) is 0 Å². The van der Waals surface area contributed by atoms with Crippen LogP contribution in [-0.4, -0.2) is 39.9 Å². The average Bonchev–Trinajstić information content (AvgIpc) is 2.29. The van der Waals surface area contributed by atoms with Crippen molar-refractivity contribution in [1.29, 1.82) is 0 Å². The Morgan fingerprint density at radius 2 is 2.06 bits per heavy atom. The van der Waals surface area contributed by atoms with Crippen LogP contribution >= 0.6 is 0 Å². The van der Waals surface area contributed by atoms with Crippen molar-refractivity contribution in [3.8, 4) is 0 Å². The lowest BCUT2D eigenvalue weighted by molar-refractivity contribution is 0.173. The number of nitrogens with one attached hydrogen (secondary N) is 1. The van der Waals surface area contributed by atoms with E-state index in [1.54, 1.807) is 7.11 Å². The molecule has 0 aliphatic rings. The van der Waals surface area contributed by atoms with Gasteiger partial charge in [0.2, 0.25) is 0 Å². The summed E-state index contributed by atoms with van der Waals surface area (Å²) in [6, 6.07) is 8.87. The predicted molar refractivity (Wildman–Crippen MR) is 73.8 cm³/mol. The molecule has 3 nitrogen and oxygen atoms in total. The zero-order valence-corrected chi connectivity index (χ0v) is 11.4. The highest BCUT2D eigenvalue weighted by Gasteiger charge is 2.04. The second-order valence-electron chi connectivity index (χ2n) is 4.52. The molecule has 1 atom stereocenters. The molecule has 1 aromatic rings. The first kappa shape index (κ1) is 14.0. The van der Waals surface area contributed by atoms with Gasteiger partial charge in [0.1, 0.15) is 0 Å². The Morgan fingerprint density at radius 3 is 2.71 bits per heavy atom. The Hall–Kier alpha value is -1.06. The smallest absolute Gasteiger partial charge is 0.0613 e. The van der Waals surface area contributed by atoms with Crippen molar-refractivity contribution in [3.05, 3.63) is 29.8 Å². The summed E-state index contributed by atoms with van der Waals surface area (Å²) < 4.78 is 5.09. The summed E-state index contributed by atoms with van der Waals surface area (Å²) in [5.74, 6) is 0. The molecular weight excluding hydrogens is 212 g/mol. The summed E-state index contributed by atoms with van der Waals surface area (Å²) in [6.45, 7) is 7.01. The van der Waals surface area contributed by atoms with Crippen molar-refractivity contribution in [2.24, 2.45) is 0 Å². The van der Waals surface area contributed by atoms with E-state index in [1.807, 2.05) is 0 Å². The Kier molecular flexibility index (Phi) is 6.01. The lowest BCUT2D eigenvalue weighted by Gasteiger charge is -2.22. The van der Waals surface area contributed by atoms with Crippen LogP contribution in [0, 0.1) is 6.92 Å². The SMILES string of the molecule is COCC(C)NCCN(C)c1ccccc1C. The minimum absolute atomic E-state index is 0.408. The van der Waals surface area contributed by atoms with Gasteiger partial charge in [-0.1, -0.05) is 18.2 Å². The summed E-state index contributed by atoms with van der Waals surface area (Å²) in [5.41, 5.74) is 2.62. The van der Waals surface area contributed by atoms with Gasteiger partial charge in [0, 0.05) is 39.0 Å². The highest BCUT2D eigenvalue weighted by molar-refractivity contribution is 5.52. The van der Waals surface area contributed by atoms with Gasteiger partial charge in [-0.2, -0.15) is 0 Å². The predicted octanol–water partition coefficient (Wildman–Crippen LogP) is 2.06. The maximum Gasteiger partial charge on any atom is 0.0613 e. The van der Waals surface area contributed by atoms with Crippen molar-refractivity contribution < 1.29 is 4.74 Å². The van der Waals surface area contributed by atoms with Gasteiger partial charge in [-0.25, -0.2) is 0 Å². The van der Waals surface area contributed by atoms with Crippen molar-refractivity contribution in [1.82, 2.24) is 5.32 Å². The first-order chi connectivity index (χ1) is 8.15. The van der Waals surface area contributed by atoms with Crippen LogP contribution in [0.3, 0.4) is 0 Å². The standard InChI is InChI=1S/C14H24N2O/c1-12-7-5-6-8-14(12)16(3)10-9-15-13(2)11-17-4/h5-8,13,15H,9-11H2,1-4H3. The second-order valence-corrected chi connectivity index (χ2v) is 4.52. The van der Waals surface area contributed by atoms with Gasteiger partial charge in [-0.15, -0.1) is 0 Å². The third-order valence-corrected chi connectivity index (χ3v) is 2.88. The monoisotopic (exact) mass is 236 g/mol. The van der Waals surface area contributed by atoms with E-state index in [-0.39, 0.29) is 0 Å². The molecule has 0 saturated carbocycles. The zero-order valence-electron chi connectivity index (χ0n) is 11.4. The molecule has 1 aromatic carbocycles. The molecule has 1 N–H and O–H groups in total. The molecule has 0 aromatic heterocycles. The van der Waals surface area contributed by atoms with Gasteiger partial charge < -0.3 is 15.0 Å². The van der Waals surface area contributed by atoms with Crippen LogP contribution in [0.1, 0.15) is 12.5 Å². The third kappa shape index (κ3) is 4.75. The van der Waals surface area contributed by atoms with Gasteiger partial charge in [0.25, 0.3) is 0 Å².